The number of carbonyl (C=O) groups is 2. The van der Waals surface area contributed by atoms with Crippen LogP contribution in [0.25, 0.3) is 0 Å². The molecule has 148 valence electrons. The van der Waals surface area contributed by atoms with E-state index < -0.39 is 18.5 Å². The van der Waals surface area contributed by atoms with E-state index in [1.807, 2.05) is 37.3 Å². The minimum absolute atomic E-state index is 0.125. The highest BCUT2D eigenvalue weighted by atomic mass is 35.5. The number of aromatic nitrogens is 2. The normalized spacial score (nSPS) is 10.4. The summed E-state index contributed by atoms with van der Waals surface area (Å²) in [4.78, 5) is 24.5. The van der Waals surface area contributed by atoms with Crippen molar-refractivity contribution in [3.8, 4) is 6.07 Å². The van der Waals surface area contributed by atoms with Crippen LogP contribution in [-0.4, -0.2) is 28.3 Å². The third-order valence-corrected chi connectivity index (χ3v) is 5.31. The third kappa shape index (κ3) is 4.83. The fraction of sp³-hybridized carbons (Fsp3) is 0.200. The summed E-state index contributed by atoms with van der Waals surface area (Å²) < 4.78 is 6.60. The first kappa shape index (κ1) is 20.6. The van der Waals surface area contributed by atoms with Crippen molar-refractivity contribution in [2.75, 3.05) is 11.9 Å². The summed E-state index contributed by atoms with van der Waals surface area (Å²) in [7, 11) is 0. The standard InChI is InChI=1S/C20H17ClN4O3S/c1-12-3-5-14(6-4-12)10-25-18(21)17(13(2)24-25)20(27)28-11-16(26)23-19-15(9-22)7-8-29-19/h3-8H,10-11H2,1-2H3,(H,23,26). The number of rotatable bonds is 6. The average molecular weight is 429 g/mol. The summed E-state index contributed by atoms with van der Waals surface area (Å²) in [5.41, 5.74) is 3.02. The van der Waals surface area contributed by atoms with Gasteiger partial charge in [0.25, 0.3) is 5.91 Å². The molecule has 0 atom stereocenters. The van der Waals surface area contributed by atoms with Gasteiger partial charge < -0.3 is 10.1 Å². The number of thiophene rings is 1. The average Bonchev–Trinajstić information content (AvgIpc) is 3.25. The van der Waals surface area contributed by atoms with Crippen molar-refractivity contribution < 1.29 is 14.3 Å². The van der Waals surface area contributed by atoms with Gasteiger partial charge in [-0.1, -0.05) is 41.4 Å². The van der Waals surface area contributed by atoms with Crippen LogP contribution in [0.4, 0.5) is 5.00 Å². The Bertz CT molecular complexity index is 1100. The van der Waals surface area contributed by atoms with Crippen molar-refractivity contribution in [2.45, 2.75) is 20.4 Å². The quantitative estimate of drug-likeness (QED) is 0.600. The van der Waals surface area contributed by atoms with Gasteiger partial charge in [-0.2, -0.15) is 10.4 Å². The number of nitrogens with zero attached hydrogens (tertiary/aromatic N) is 3. The first-order valence-corrected chi connectivity index (χ1v) is 9.88. The van der Waals surface area contributed by atoms with E-state index in [4.69, 9.17) is 21.6 Å². The maximum absolute atomic E-state index is 12.4. The first-order chi connectivity index (χ1) is 13.9. The molecule has 0 unspecified atom stereocenters. The zero-order chi connectivity index (χ0) is 21.0. The van der Waals surface area contributed by atoms with E-state index >= 15 is 0 Å². The molecule has 0 fully saturated rings. The van der Waals surface area contributed by atoms with Crippen LogP contribution in [0.15, 0.2) is 35.7 Å². The van der Waals surface area contributed by atoms with Gasteiger partial charge in [0.05, 0.1) is 17.8 Å². The summed E-state index contributed by atoms with van der Waals surface area (Å²) in [5.74, 6) is -1.28. The Morgan fingerprint density at radius 3 is 2.69 bits per heavy atom. The van der Waals surface area contributed by atoms with Crippen molar-refractivity contribution in [1.29, 1.82) is 5.26 Å². The van der Waals surface area contributed by atoms with Gasteiger partial charge in [-0.15, -0.1) is 11.3 Å². The lowest BCUT2D eigenvalue weighted by atomic mass is 10.1. The number of amides is 1. The van der Waals surface area contributed by atoms with Crippen LogP contribution < -0.4 is 5.32 Å². The molecular formula is C20H17ClN4O3S. The number of esters is 1. The van der Waals surface area contributed by atoms with Gasteiger partial charge in [-0.25, -0.2) is 9.48 Å². The number of hydrogen-bond donors (Lipinski definition) is 1. The third-order valence-electron chi connectivity index (χ3n) is 4.10. The topological polar surface area (TPSA) is 97.0 Å². The molecule has 0 saturated heterocycles. The summed E-state index contributed by atoms with van der Waals surface area (Å²) in [6.45, 7) is 3.56. The predicted octanol–water partition coefficient (Wildman–Crippen LogP) is 3.93. The van der Waals surface area contributed by atoms with Crippen LogP contribution in [0.5, 0.6) is 0 Å². The van der Waals surface area contributed by atoms with Crippen LogP contribution >= 0.6 is 22.9 Å². The molecule has 9 heteroatoms. The lowest BCUT2D eigenvalue weighted by molar-refractivity contribution is -0.119. The molecular weight excluding hydrogens is 412 g/mol. The largest absolute Gasteiger partial charge is 0.452 e. The summed E-state index contributed by atoms with van der Waals surface area (Å²) in [6, 6.07) is 11.5. The van der Waals surface area contributed by atoms with Crippen LogP contribution in [-0.2, 0) is 16.1 Å². The Labute approximate surface area is 176 Å². The minimum atomic E-state index is -0.732. The number of nitrogens with one attached hydrogen (secondary N) is 1. The Kier molecular flexibility index (Phi) is 6.32. The number of benzene rings is 1. The van der Waals surface area contributed by atoms with E-state index in [2.05, 4.69) is 10.4 Å². The first-order valence-electron chi connectivity index (χ1n) is 8.62. The molecule has 0 spiro atoms. The molecule has 29 heavy (non-hydrogen) atoms. The highest BCUT2D eigenvalue weighted by molar-refractivity contribution is 7.14. The Hall–Kier alpha value is -3.15. The van der Waals surface area contributed by atoms with Crippen LogP contribution in [0.2, 0.25) is 5.15 Å². The maximum Gasteiger partial charge on any atom is 0.343 e. The molecule has 0 radical (unpaired) electrons. The lowest BCUT2D eigenvalue weighted by Crippen LogP contribution is -2.21. The van der Waals surface area contributed by atoms with Gasteiger partial charge in [-0.05, 0) is 30.9 Å². The number of carbonyl (C=O) groups excluding carboxylic acids is 2. The minimum Gasteiger partial charge on any atom is -0.452 e. The van der Waals surface area contributed by atoms with E-state index in [0.29, 0.717) is 22.8 Å². The molecule has 0 aliphatic heterocycles. The van der Waals surface area contributed by atoms with Crippen LogP contribution in [0.3, 0.4) is 0 Å². The van der Waals surface area contributed by atoms with Crippen molar-refractivity contribution in [3.05, 3.63) is 68.8 Å². The van der Waals surface area contributed by atoms with E-state index in [-0.39, 0.29) is 10.7 Å². The number of anilines is 1. The molecule has 3 rings (SSSR count). The molecule has 0 bridgehead atoms. The van der Waals surface area contributed by atoms with Crippen LogP contribution in [0.1, 0.15) is 32.7 Å². The van der Waals surface area contributed by atoms with Crippen molar-refractivity contribution in [3.63, 3.8) is 0 Å². The fourth-order valence-electron chi connectivity index (χ4n) is 2.62. The summed E-state index contributed by atoms with van der Waals surface area (Å²) in [5, 5.41) is 18.1. The second-order valence-corrected chi connectivity index (χ2v) is 7.57. The molecule has 2 aromatic heterocycles. The SMILES string of the molecule is Cc1ccc(Cn2nc(C)c(C(=O)OCC(=O)Nc3sccc3C#N)c2Cl)cc1. The molecule has 1 N–H and O–H groups in total. The molecule has 0 aliphatic rings. The zero-order valence-corrected chi connectivity index (χ0v) is 17.3. The monoisotopic (exact) mass is 428 g/mol. The van der Waals surface area contributed by atoms with Gasteiger partial charge in [0, 0.05) is 0 Å². The Balaban J connectivity index is 1.65. The molecule has 0 saturated carbocycles. The van der Waals surface area contributed by atoms with Crippen molar-refractivity contribution in [2.24, 2.45) is 0 Å². The van der Waals surface area contributed by atoms with E-state index in [9.17, 15) is 9.59 Å². The molecule has 1 aromatic carbocycles. The molecule has 7 nitrogen and oxygen atoms in total. The van der Waals surface area contributed by atoms with E-state index in [1.54, 1.807) is 18.4 Å². The van der Waals surface area contributed by atoms with Crippen molar-refractivity contribution in [1.82, 2.24) is 9.78 Å². The van der Waals surface area contributed by atoms with Gasteiger partial charge in [0.2, 0.25) is 0 Å². The number of ether oxygens (including phenoxy) is 1. The number of aryl methyl sites for hydroxylation is 2. The van der Waals surface area contributed by atoms with Gasteiger partial charge >= 0.3 is 5.97 Å². The highest BCUT2D eigenvalue weighted by Gasteiger charge is 2.23. The second-order valence-electron chi connectivity index (χ2n) is 6.29. The number of halogens is 1. The predicted molar refractivity (Wildman–Crippen MR) is 110 cm³/mol. The lowest BCUT2D eigenvalue weighted by Gasteiger charge is -2.06. The Morgan fingerprint density at radius 1 is 1.28 bits per heavy atom. The summed E-state index contributed by atoms with van der Waals surface area (Å²) >= 11 is 7.55. The second kappa shape index (κ2) is 8.90. The van der Waals surface area contributed by atoms with Crippen molar-refractivity contribution >= 4 is 39.8 Å². The fourth-order valence-corrected chi connectivity index (χ4v) is 3.68. The van der Waals surface area contributed by atoms with Crippen LogP contribution in [0, 0.1) is 25.2 Å². The summed E-state index contributed by atoms with van der Waals surface area (Å²) in [6.07, 6.45) is 0. The Morgan fingerprint density at radius 2 is 2.00 bits per heavy atom. The highest BCUT2D eigenvalue weighted by Crippen LogP contribution is 2.23. The number of nitriles is 1. The molecule has 1 amide bonds. The molecule has 2 heterocycles. The maximum atomic E-state index is 12.4. The zero-order valence-electron chi connectivity index (χ0n) is 15.7. The van der Waals surface area contributed by atoms with Gasteiger partial charge in [-0.3, -0.25) is 4.79 Å². The molecule has 3 aromatic rings. The van der Waals surface area contributed by atoms with Gasteiger partial charge in [0.15, 0.2) is 6.61 Å². The van der Waals surface area contributed by atoms with E-state index in [0.717, 1.165) is 11.1 Å². The van der Waals surface area contributed by atoms with E-state index in [1.165, 1.54) is 16.0 Å². The molecule has 0 aliphatic carbocycles. The van der Waals surface area contributed by atoms with Gasteiger partial charge in [0.1, 0.15) is 21.8 Å². The number of hydrogen-bond acceptors (Lipinski definition) is 6. The smallest absolute Gasteiger partial charge is 0.343 e.